The number of carbonyl (C=O) groups is 1. The van der Waals surface area contributed by atoms with E-state index in [9.17, 15) is 13.2 Å². The van der Waals surface area contributed by atoms with Crippen LogP contribution < -0.4 is 19.7 Å². The number of sulfonamides is 1. The molecule has 0 atom stereocenters. The van der Waals surface area contributed by atoms with Gasteiger partial charge in [0.25, 0.3) is 10.0 Å². The average Bonchev–Trinajstić information content (AvgIpc) is 3.37. The van der Waals surface area contributed by atoms with Crippen molar-refractivity contribution in [3.63, 3.8) is 0 Å². The third-order valence-corrected chi connectivity index (χ3v) is 8.22. The van der Waals surface area contributed by atoms with Gasteiger partial charge in [0.2, 0.25) is 5.91 Å². The highest BCUT2D eigenvalue weighted by molar-refractivity contribution is 7.90. The molecule has 0 bridgehead atoms. The van der Waals surface area contributed by atoms with Crippen molar-refractivity contribution in [3.8, 4) is 16.9 Å². The van der Waals surface area contributed by atoms with Crippen LogP contribution in [0.5, 0.6) is 5.75 Å². The second-order valence-electron chi connectivity index (χ2n) is 8.94. The van der Waals surface area contributed by atoms with E-state index in [-0.39, 0.29) is 4.90 Å². The Morgan fingerprint density at radius 3 is 2.36 bits per heavy atom. The normalized spacial score (nSPS) is 13.8. The number of anilines is 2. The molecule has 4 aromatic rings. The molecule has 202 valence electrons. The Balaban J connectivity index is 1.26. The fourth-order valence-electron chi connectivity index (χ4n) is 4.47. The number of thiocarbonyl (C=S) groups is 1. The number of piperazine rings is 1. The van der Waals surface area contributed by atoms with Crippen molar-refractivity contribution in [2.75, 3.05) is 43.5 Å². The molecule has 0 radical (unpaired) electrons. The van der Waals surface area contributed by atoms with E-state index in [1.54, 1.807) is 25.6 Å². The number of nitrogens with zero attached hydrogens (tertiary/aromatic N) is 4. The van der Waals surface area contributed by atoms with Crippen molar-refractivity contribution >= 4 is 55.8 Å². The van der Waals surface area contributed by atoms with Gasteiger partial charge in [0.15, 0.2) is 5.11 Å². The smallest absolute Gasteiger partial charge is 0.264 e. The molecule has 0 unspecified atom stereocenters. The minimum absolute atomic E-state index is 0.00212. The second-order valence-corrected chi connectivity index (χ2v) is 11.0. The predicted octanol–water partition coefficient (Wildman–Crippen LogP) is 2.98. The molecule has 2 aromatic carbocycles. The van der Waals surface area contributed by atoms with Gasteiger partial charge in [-0.3, -0.25) is 4.79 Å². The van der Waals surface area contributed by atoms with Crippen LogP contribution in [0, 0.1) is 0 Å². The highest BCUT2D eigenvalue weighted by Crippen LogP contribution is 2.34. The van der Waals surface area contributed by atoms with Crippen LogP contribution in [0.25, 0.3) is 22.2 Å². The van der Waals surface area contributed by atoms with Gasteiger partial charge in [-0.1, -0.05) is 12.1 Å². The molecule has 13 heteroatoms. The number of hydrogen-bond donors (Lipinski definition) is 3. The maximum absolute atomic E-state index is 12.2. The monoisotopic (exact) mass is 565 g/mol. The van der Waals surface area contributed by atoms with Crippen molar-refractivity contribution in [1.29, 1.82) is 0 Å². The molecule has 39 heavy (non-hydrogen) atoms. The summed E-state index contributed by atoms with van der Waals surface area (Å²) in [6.07, 6.45) is 3.52. The van der Waals surface area contributed by atoms with Gasteiger partial charge in [0, 0.05) is 50.6 Å². The molecule has 1 amide bonds. The fourth-order valence-corrected chi connectivity index (χ4v) is 5.76. The van der Waals surface area contributed by atoms with Gasteiger partial charge in [-0.15, -0.1) is 0 Å². The van der Waals surface area contributed by atoms with Crippen LogP contribution in [-0.4, -0.2) is 72.6 Å². The van der Waals surface area contributed by atoms with E-state index in [1.807, 2.05) is 35.2 Å². The SMILES string of the molecule is COc1ccc(-c2c[nH]c3ncnc(N4CCN(C(=S)Nc5ccc(S(=O)(=O)NC(C)=O)cc5)CC4)c23)cc1. The molecule has 11 nitrogen and oxygen atoms in total. The average molecular weight is 566 g/mol. The summed E-state index contributed by atoms with van der Waals surface area (Å²) in [5, 5.41) is 4.67. The highest BCUT2D eigenvalue weighted by atomic mass is 32.2. The molecule has 1 aliphatic heterocycles. The lowest BCUT2D eigenvalue weighted by Gasteiger charge is -2.37. The van der Waals surface area contributed by atoms with Crippen LogP contribution in [0.15, 0.2) is 66.0 Å². The molecule has 3 N–H and O–H groups in total. The quantitative estimate of drug-likeness (QED) is 0.300. The molecule has 1 fully saturated rings. The first-order valence-corrected chi connectivity index (χ1v) is 14.0. The van der Waals surface area contributed by atoms with Gasteiger partial charge in [-0.2, -0.15) is 0 Å². The topological polar surface area (TPSA) is 133 Å². The first kappa shape index (κ1) is 26.4. The van der Waals surface area contributed by atoms with Crippen LogP contribution in [0.1, 0.15) is 6.92 Å². The number of amides is 1. The zero-order valence-corrected chi connectivity index (χ0v) is 23.0. The largest absolute Gasteiger partial charge is 0.497 e. The van der Waals surface area contributed by atoms with Crippen LogP contribution in [0.4, 0.5) is 11.5 Å². The molecule has 5 rings (SSSR count). The van der Waals surface area contributed by atoms with E-state index in [2.05, 4.69) is 30.1 Å². The Morgan fingerprint density at radius 1 is 1.03 bits per heavy atom. The maximum Gasteiger partial charge on any atom is 0.264 e. The van der Waals surface area contributed by atoms with Crippen LogP contribution in [-0.2, 0) is 14.8 Å². The zero-order valence-electron chi connectivity index (χ0n) is 21.3. The summed E-state index contributed by atoms with van der Waals surface area (Å²) < 4.78 is 31.6. The Kier molecular flexibility index (Phi) is 7.35. The van der Waals surface area contributed by atoms with Crippen LogP contribution in [0.3, 0.4) is 0 Å². The second kappa shape index (κ2) is 10.9. The number of fused-ring (bicyclic) bond motifs is 1. The number of rotatable bonds is 6. The third kappa shape index (κ3) is 5.64. The number of benzene rings is 2. The summed E-state index contributed by atoms with van der Waals surface area (Å²) in [7, 11) is -2.24. The van der Waals surface area contributed by atoms with Crippen molar-refractivity contribution in [2.24, 2.45) is 0 Å². The Labute approximate surface area is 231 Å². The van der Waals surface area contributed by atoms with Gasteiger partial charge in [0.1, 0.15) is 23.5 Å². The van der Waals surface area contributed by atoms with Gasteiger partial charge in [-0.25, -0.2) is 23.1 Å². The van der Waals surface area contributed by atoms with Crippen molar-refractivity contribution in [2.45, 2.75) is 11.8 Å². The molecular weight excluding hydrogens is 538 g/mol. The van der Waals surface area contributed by atoms with Crippen LogP contribution >= 0.6 is 12.2 Å². The Bertz CT molecular complexity index is 1610. The van der Waals surface area contributed by atoms with Crippen molar-refractivity contribution < 1.29 is 17.9 Å². The Morgan fingerprint density at radius 2 is 1.72 bits per heavy atom. The van der Waals surface area contributed by atoms with Gasteiger partial charge >= 0.3 is 0 Å². The summed E-state index contributed by atoms with van der Waals surface area (Å²) in [5.74, 6) is 1.01. The van der Waals surface area contributed by atoms with E-state index in [4.69, 9.17) is 17.0 Å². The van der Waals surface area contributed by atoms with Gasteiger partial charge in [-0.05, 0) is 54.2 Å². The Hall–Kier alpha value is -4.23. The maximum atomic E-state index is 12.2. The number of hydrogen-bond acceptors (Lipinski definition) is 8. The van der Waals surface area contributed by atoms with E-state index in [0.717, 1.165) is 40.7 Å². The minimum atomic E-state index is -3.89. The summed E-state index contributed by atoms with van der Waals surface area (Å²) in [6.45, 7) is 3.91. The zero-order chi connectivity index (χ0) is 27.6. The summed E-state index contributed by atoms with van der Waals surface area (Å²) in [4.78, 5) is 27.8. The number of nitrogens with one attached hydrogen (secondary N) is 3. The molecule has 0 aliphatic carbocycles. The number of ether oxygens (including phenoxy) is 1. The fraction of sp³-hybridized carbons (Fsp3) is 0.231. The summed E-state index contributed by atoms with van der Waals surface area (Å²) in [6, 6.07) is 14.0. The van der Waals surface area contributed by atoms with E-state index < -0.39 is 15.9 Å². The number of methoxy groups -OCH3 is 1. The first-order chi connectivity index (χ1) is 18.7. The molecule has 0 saturated carbocycles. The molecule has 1 saturated heterocycles. The van der Waals surface area contributed by atoms with Crippen LogP contribution in [0.2, 0.25) is 0 Å². The lowest BCUT2D eigenvalue weighted by atomic mass is 10.1. The summed E-state index contributed by atoms with van der Waals surface area (Å²) in [5.41, 5.74) is 3.48. The van der Waals surface area contributed by atoms with Crippen molar-refractivity contribution in [1.82, 2.24) is 24.6 Å². The third-order valence-electron chi connectivity index (χ3n) is 6.41. The molecule has 1 aliphatic rings. The number of aromatic amines is 1. The number of H-pyrrole nitrogens is 1. The minimum Gasteiger partial charge on any atom is -0.497 e. The highest BCUT2D eigenvalue weighted by Gasteiger charge is 2.24. The summed E-state index contributed by atoms with van der Waals surface area (Å²) >= 11 is 5.62. The molecular formula is C26H27N7O4S2. The standard InChI is InChI=1S/C26H27N7O4S2/c1-17(34)31-39(35,36)21-9-5-19(6-10-21)30-26(38)33-13-11-32(12-14-33)25-23-22(15-27-24(23)28-16-29-25)18-3-7-20(37-2)8-4-18/h3-10,15-16H,11-14H2,1-2H3,(H,30,38)(H,31,34)(H,27,28,29). The number of aromatic nitrogens is 3. The first-order valence-electron chi connectivity index (χ1n) is 12.2. The van der Waals surface area contributed by atoms with E-state index >= 15 is 0 Å². The molecule has 3 heterocycles. The van der Waals surface area contributed by atoms with Gasteiger partial charge in [0.05, 0.1) is 17.4 Å². The van der Waals surface area contributed by atoms with E-state index in [0.29, 0.717) is 37.0 Å². The lowest BCUT2D eigenvalue weighted by molar-refractivity contribution is -0.117. The van der Waals surface area contributed by atoms with Gasteiger partial charge < -0.3 is 24.8 Å². The van der Waals surface area contributed by atoms with Crippen molar-refractivity contribution in [3.05, 3.63) is 61.1 Å². The predicted molar refractivity (Wildman–Crippen MR) is 153 cm³/mol. The lowest BCUT2D eigenvalue weighted by Crippen LogP contribution is -2.50. The number of carbonyl (C=O) groups excluding carboxylic acids is 1. The molecule has 0 spiro atoms. The van der Waals surface area contributed by atoms with E-state index in [1.165, 1.54) is 12.1 Å². The molecule has 2 aromatic heterocycles.